The zero-order valence-corrected chi connectivity index (χ0v) is 28.6. The van der Waals surface area contributed by atoms with Crippen LogP contribution in [0.2, 0.25) is 0 Å². The minimum atomic E-state index is -3.89. The van der Waals surface area contributed by atoms with Crippen molar-refractivity contribution in [3.8, 4) is 11.6 Å². The van der Waals surface area contributed by atoms with Gasteiger partial charge in [0.1, 0.15) is 29.5 Å². The first-order valence-electron chi connectivity index (χ1n) is 16.8. The lowest BCUT2D eigenvalue weighted by atomic mass is 9.88. The van der Waals surface area contributed by atoms with E-state index in [0.29, 0.717) is 36.8 Å². The van der Waals surface area contributed by atoms with Gasteiger partial charge in [0.05, 0.1) is 18.9 Å². The van der Waals surface area contributed by atoms with E-state index in [1.54, 1.807) is 31.5 Å². The summed E-state index contributed by atoms with van der Waals surface area (Å²) in [5.41, 5.74) is -1.52. The van der Waals surface area contributed by atoms with E-state index in [1.165, 1.54) is 4.90 Å². The number of carboxylic acid groups (broad SMARTS) is 1. The first-order chi connectivity index (χ1) is 23.3. The summed E-state index contributed by atoms with van der Waals surface area (Å²) in [5.74, 6) is -1.82. The van der Waals surface area contributed by atoms with Crippen molar-refractivity contribution in [3.05, 3.63) is 42.6 Å². The third kappa shape index (κ3) is 7.31. The molecule has 0 radical (unpaired) electrons. The Balaban J connectivity index is 1.33. The van der Waals surface area contributed by atoms with Crippen molar-refractivity contribution in [1.82, 2.24) is 25.2 Å². The molecule has 1 saturated heterocycles. The van der Waals surface area contributed by atoms with Gasteiger partial charge in [0.25, 0.3) is 5.91 Å². The number of carbonyl (C=O) groups excluding carboxylic acids is 3. The molecule has 4 N–H and O–H groups in total. The quantitative estimate of drug-likeness (QED) is 0.313. The van der Waals surface area contributed by atoms with Gasteiger partial charge in [-0.25, -0.2) is 18.2 Å². The molecule has 3 fully saturated rings. The summed E-state index contributed by atoms with van der Waals surface area (Å²) in [6, 6.07) is 4.92. The molecule has 2 aromatic rings. The molecule has 2 saturated carbocycles. The van der Waals surface area contributed by atoms with Crippen LogP contribution >= 0.6 is 0 Å². The molecule has 4 amide bonds. The van der Waals surface area contributed by atoms with Gasteiger partial charge in [-0.05, 0) is 80.0 Å². The summed E-state index contributed by atoms with van der Waals surface area (Å²) in [6.07, 6.45) is 6.38. The van der Waals surface area contributed by atoms with Crippen molar-refractivity contribution in [3.63, 3.8) is 0 Å². The molecule has 3 heterocycles. The molecule has 4 aliphatic rings. The summed E-state index contributed by atoms with van der Waals surface area (Å²) >= 11 is 0. The van der Waals surface area contributed by atoms with E-state index in [4.69, 9.17) is 9.47 Å². The number of rotatable bonds is 7. The number of carbonyl (C=O) groups is 4. The molecule has 7 atom stereocenters. The standard InChI is InChI=1S/C34H43N5O9S/c1-19-6-4-5-7-22-17-34(22,32(42)38-49(45,46)25-9-10-25)37-29(40)27-16-24(18-39(27)31(41)28(20(2)14-19)36-33(43)44)48-30-26-11-8-23(47-3)15-21(26)12-13-35-30/h5,7-8,11-13,15,19-20,22,24-25,27-28,36H,4,6,9-10,14,16-18H2,1-3H3,(H,37,40)(H,38,42)(H,43,44)/t19-,20+,22+,24+,27-,28-,34+/m0/s1. The Bertz CT molecular complexity index is 1780. The molecule has 2 aliphatic heterocycles. The second-order valence-corrected chi connectivity index (χ2v) is 15.8. The highest BCUT2D eigenvalue weighted by molar-refractivity contribution is 7.91. The van der Waals surface area contributed by atoms with Gasteiger partial charge in [-0.1, -0.05) is 26.0 Å². The number of nitrogens with zero attached hydrogens (tertiary/aromatic N) is 2. The Kier molecular flexibility index (Phi) is 9.48. The Morgan fingerprint density at radius 3 is 2.61 bits per heavy atom. The molecule has 49 heavy (non-hydrogen) atoms. The number of benzene rings is 1. The highest BCUT2D eigenvalue weighted by Gasteiger charge is 2.62. The van der Waals surface area contributed by atoms with E-state index in [9.17, 15) is 32.7 Å². The van der Waals surface area contributed by atoms with Crippen LogP contribution in [0.4, 0.5) is 4.79 Å². The van der Waals surface area contributed by atoms with Crippen molar-refractivity contribution in [2.24, 2.45) is 17.8 Å². The van der Waals surface area contributed by atoms with Crippen molar-refractivity contribution in [1.29, 1.82) is 0 Å². The largest absolute Gasteiger partial charge is 0.497 e. The van der Waals surface area contributed by atoms with Crippen LogP contribution in [-0.2, 0) is 24.4 Å². The normalized spacial score (nSPS) is 30.6. The van der Waals surface area contributed by atoms with Gasteiger partial charge in [0.2, 0.25) is 27.7 Å². The Labute approximate surface area is 285 Å². The summed E-state index contributed by atoms with van der Waals surface area (Å²) < 4.78 is 39.4. The highest BCUT2D eigenvalue weighted by Crippen LogP contribution is 2.46. The van der Waals surface area contributed by atoms with Crippen LogP contribution in [0.5, 0.6) is 11.6 Å². The van der Waals surface area contributed by atoms with Gasteiger partial charge in [-0.2, -0.15) is 0 Å². The number of amides is 4. The number of methoxy groups -OCH3 is 1. The zero-order valence-electron chi connectivity index (χ0n) is 27.8. The highest BCUT2D eigenvalue weighted by atomic mass is 32.2. The lowest BCUT2D eigenvalue weighted by Crippen LogP contribution is -2.59. The minimum Gasteiger partial charge on any atom is -0.497 e. The average molecular weight is 698 g/mol. The first-order valence-corrected chi connectivity index (χ1v) is 18.3. The minimum absolute atomic E-state index is 0.0228. The maximum Gasteiger partial charge on any atom is 0.405 e. The number of allylic oxidation sites excluding steroid dienone is 1. The molecular formula is C34H43N5O9S. The van der Waals surface area contributed by atoms with Crippen LogP contribution < -0.4 is 24.8 Å². The lowest BCUT2D eigenvalue weighted by molar-refractivity contribution is -0.142. The molecule has 0 unspecified atom stereocenters. The van der Waals surface area contributed by atoms with Gasteiger partial charge in [-0.15, -0.1) is 0 Å². The van der Waals surface area contributed by atoms with Crippen LogP contribution in [0.1, 0.15) is 58.8 Å². The molecule has 6 rings (SSSR count). The average Bonchev–Trinajstić information content (AvgIpc) is 3.98. The summed E-state index contributed by atoms with van der Waals surface area (Å²) in [7, 11) is -2.33. The Hall–Kier alpha value is -4.40. The second kappa shape index (κ2) is 13.5. The number of fused-ring (bicyclic) bond motifs is 3. The number of sulfonamides is 1. The van der Waals surface area contributed by atoms with Gasteiger partial charge in [-0.3, -0.25) is 19.1 Å². The SMILES string of the molecule is COc1ccc2c(O[C@@H]3C[C@H]4C(=O)N[C@]5(C(=O)NS(=O)(=O)C6CC6)C[C@H]5C=CCC[C@H](C)C[C@@H](C)[C@H](NC(=O)O)C(=O)N4C3)nccc2c1. The van der Waals surface area contributed by atoms with E-state index >= 15 is 0 Å². The first kappa shape index (κ1) is 34.5. The summed E-state index contributed by atoms with van der Waals surface area (Å²) in [4.78, 5) is 59.7. The number of pyridine rings is 1. The molecule has 264 valence electrons. The zero-order chi connectivity index (χ0) is 35.1. The molecule has 1 aromatic carbocycles. The fourth-order valence-corrected chi connectivity index (χ4v) is 8.50. The van der Waals surface area contributed by atoms with Gasteiger partial charge in [0.15, 0.2) is 0 Å². The van der Waals surface area contributed by atoms with E-state index in [1.807, 2.05) is 32.1 Å². The van der Waals surface area contributed by atoms with Crippen molar-refractivity contribution in [2.45, 2.75) is 87.8 Å². The monoisotopic (exact) mass is 697 g/mol. The summed E-state index contributed by atoms with van der Waals surface area (Å²) in [5, 5.41) is 15.8. The summed E-state index contributed by atoms with van der Waals surface area (Å²) in [6.45, 7) is 3.79. The Morgan fingerprint density at radius 2 is 1.90 bits per heavy atom. The van der Waals surface area contributed by atoms with Crippen LogP contribution in [0, 0.1) is 17.8 Å². The molecule has 14 nitrogen and oxygen atoms in total. The maximum atomic E-state index is 14.3. The number of nitrogens with one attached hydrogen (secondary N) is 3. The van der Waals surface area contributed by atoms with Gasteiger partial charge >= 0.3 is 6.09 Å². The van der Waals surface area contributed by atoms with E-state index in [2.05, 4.69) is 20.3 Å². The van der Waals surface area contributed by atoms with Gasteiger partial charge in [0, 0.05) is 23.9 Å². The lowest BCUT2D eigenvalue weighted by Gasteiger charge is -2.32. The number of hydrogen-bond donors (Lipinski definition) is 4. The predicted octanol–water partition coefficient (Wildman–Crippen LogP) is 2.72. The molecule has 0 bridgehead atoms. The van der Waals surface area contributed by atoms with Crippen LogP contribution in [0.15, 0.2) is 42.6 Å². The van der Waals surface area contributed by atoms with Crippen molar-refractivity contribution < 1.29 is 42.2 Å². The molecule has 1 aromatic heterocycles. The van der Waals surface area contributed by atoms with Crippen molar-refractivity contribution >= 4 is 44.6 Å². The third-order valence-corrected chi connectivity index (χ3v) is 11.9. The predicted molar refractivity (Wildman–Crippen MR) is 178 cm³/mol. The van der Waals surface area contributed by atoms with Crippen molar-refractivity contribution in [2.75, 3.05) is 13.7 Å². The van der Waals surface area contributed by atoms with E-state index < -0.39 is 74.7 Å². The van der Waals surface area contributed by atoms with Crippen LogP contribution in [-0.4, -0.2) is 89.9 Å². The topological polar surface area (TPSA) is 193 Å². The van der Waals surface area contributed by atoms with E-state index in [-0.39, 0.29) is 31.2 Å². The molecule has 15 heteroatoms. The molecular weight excluding hydrogens is 654 g/mol. The molecule has 0 spiro atoms. The van der Waals surface area contributed by atoms with E-state index in [0.717, 1.165) is 11.8 Å². The molecule has 2 aliphatic carbocycles. The number of hydrogen-bond acceptors (Lipinski definition) is 9. The smallest absolute Gasteiger partial charge is 0.405 e. The second-order valence-electron chi connectivity index (χ2n) is 13.9. The fourth-order valence-electron chi connectivity index (χ4n) is 7.14. The van der Waals surface area contributed by atoms with Crippen LogP contribution in [0.25, 0.3) is 10.8 Å². The Morgan fingerprint density at radius 1 is 1.12 bits per heavy atom. The fraction of sp³-hybridized carbons (Fsp3) is 0.559. The number of aromatic nitrogens is 1. The number of ether oxygens (including phenoxy) is 2. The maximum absolute atomic E-state index is 14.3. The van der Waals surface area contributed by atoms with Crippen LogP contribution in [0.3, 0.4) is 0 Å². The van der Waals surface area contributed by atoms with Gasteiger partial charge < -0.3 is 30.1 Å². The third-order valence-electron chi connectivity index (χ3n) is 10.1.